The van der Waals surface area contributed by atoms with Gasteiger partial charge in [-0.2, -0.15) is 0 Å². The molecular formula is C26H26N2O2. The van der Waals surface area contributed by atoms with E-state index in [0.717, 1.165) is 17.8 Å². The van der Waals surface area contributed by atoms with E-state index in [2.05, 4.69) is 60.0 Å². The average Bonchev–Trinajstić information content (AvgIpc) is 2.97. The van der Waals surface area contributed by atoms with E-state index < -0.39 is 5.54 Å². The van der Waals surface area contributed by atoms with Gasteiger partial charge in [0.1, 0.15) is 0 Å². The van der Waals surface area contributed by atoms with Gasteiger partial charge in [-0.1, -0.05) is 65.7 Å². The number of esters is 1. The van der Waals surface area contributed by atoms with Crippen LogP contribution >= 0.6 is 0 Å². The molecule has 2 aliphatic rings. The fraction of sp³-hybridized carbons (Fsp3) is 0.269. The Kier molecular flexibility index (Phi) is 4.31. The molecule has 1 unspecified atom stereocenters. The molecule has 1 atom stereocenters. The fourth-order valence-corrected chi connectivity index (χ4v) is 5.07. The molecule has 0 saturated heterocycles. The summed E-state index contributed by atoms with van der Waals surface area (Å²) in [6.07, 6.45) is 0. The minimum atomic E-state index is -0.927. The smallest absolute Gasteiger partial charge is 0.338 e. The minimum absolute atomic E-state index is 0.225. The third-order valence-corrected chi connectivity index (χ3v) is 6.45. The molecular weight excluding hydrogens is 372 g/mol. The van der Waals surface area contributed by atoms with Crippen LogP contribution in [0.25, 0.3) is 0 Å². The Bertz CT molecular complexity index is 1130. The third kappa shape index (κ3) is 2.71. The molecule has 5 rings (SSSR count). The van der Waals surface area contributed by atoms with Crippen molar-refractivity contribution in [3.8, 4) is 0 Å². The second-order valence-corrected chi connectivity index (χ2v) is 8.42. The molecule has 0 radical (unpaired) electrons. The maximum atomic E-state index is 13.6. The minimum Gasteiger partial charge on any atom is -0.467 e. The number of hydrogen-bond donors (Lipinski definition) is 0. The van der Waals surface area contributed by atoms with E-state index in [9.17, 15) is 4.79 Å². The largest absolute Gasteiger partial charge is 0.467 e. The van der Waals surface area contributed by atoms with Gasteiger partial charge in [0.05, 0.1) is 13.7 Å². The Balaban J connectivity index is 1.83. The number of fused-ring (bicyclic) bond motifs is 7. The Labute approximate surface area is 177 Å². The van der Waals surface area contributed by atoms with Crippen molar-refractivity contribution >= 4 is 17.3 Å². The molecule has 30 heavy (non-hydrogen) atoms. The van der Waals surface area contributed by atoms with Crippen molar-refractivity contribution in [2.24, 2.45) is 0 Å². The summed E-state index contributed by atoms with van der Waals surface area (Å²) < 4.78 is 5.47. The zero-order chi connectivity index (χ0) is 20.9. The van der Waals surface area contributed by atoms with E-state index in [1.54, 1.807) is 0 Å². The van der Waals surface area contributed by atoms with Crippen LogP contribution < -0.4 is 9.80 Å². The molecule has 0 aliphatic carbocycles. The van der Waals surface area contributed by atoms with Crippen LogP contribution in [0, 0.1) is 13.8 Å². The molecule has 2 heterocycles. The van der Waals surface area contributed by atoms with E-state index in [1.807, 2.05) is 30.3 Å². The van der Waals surface area contributed by atoms with Gasteiger partial charge in [-0.05, 0) is 42.7 Å². The molecule has 0 aromatic heterocycles. The van der Waals surface area contributed by atoms with Crippen LogP contribution in [0.5, 0.6) is 0 Å². The molecule has 0 fully saturated rings. The van der Waals surface area contributed by atoms with Crippen LogP contribution in [0.1, 0.15) is 27.8 Å². The second kappa shape index (κ2) is 6.91. The highest BCUT2D eigenvalue weighted by Gasteiger charge is 2.52. The van der Waals surface area contributed by atoms with Gasteiger partial charge in [0.2, 0.25) is 0 Å². The number of ether oxygens (including phenoxy) is 1. The predicted molar refractivity (Wildman–Crippen MR) is 120 cm³/mol. The van der Waals surface area contributed by atoms with Crippen LogP contribution in [-0.2, 0) is 28.2 Å². The van der Waals surface area contributed by atoms with Crippen molar-refractivity contribution in [2.75, 3.05) is 23.5 Å². The molecule has 4 nitrogen and oxygen atoms in total. The second-order valence-electron chi connectivity index (χ2n) is 8.42. The zero-order valence-electron chi connectivity index (χ0n) is 17.7. The lowest BCUT2D eigenvalue weighted by Gasteiger charge is -2.42. The van der Waals surface area contributed by atoms with E-state index >= 15 is 0 Å². The number of rotatable bonds is 2. The predicted octanol–water partition coefficient (Wildman–Crippen LogP) is 4.71. The Morgan fingerprint density at radius 2 is 1.50 bits per heavy atom. The summed E-state index contributed by atoms with van der Waals surface area (Å²) in [4.78, 5) is 18.2. The van der Waals surface area contributed by atoms with Gasteiger partial charge in [0.25, 0.3) is 0 Å². The van der Waals surface area contributed by atoms with Crippen molar-refractivity contribution in [3.63, 3.8) is 0 Å². The summed E-state index contributed by atoms with van der Waals surface area (Å²) in [7, 11) is 1.49. The highest BCUT2D eigenvalue weighted by molar-refractivity contribution is 5.90. The number of carbonyl (C=O) groups is 1. The first kappa shape index (κ1) is 18.7. The SMILES string of the molecule is COC(=O)C1(c2ccccc2)CN2Cc3cc(C)ccc3N1Cc1cc(C)ccc12. The molecule has 3 aromatic rings. The average molecular weight is 399 g/mol. The standard InChI is InChI=1S/C26H26N2O2/c1-18-9-11-23-21(14-18)16-28-24-12-10-19(2)13-20(24)15-27(23)17-26(28,25(29)30-3)22-7-5-4-6-8-22/h4-14H,15-17H2,1-3H3. The van der Waals surface area contributed by atoms with Crippen LogP contribution in [0.15, 0.2) is 66.7 Å². The molecule has 0 saturated carbocycles. The highest BCUT2D eigenvalue weighted by Crippen LogP contribution is 2.46. The molecule has 2 aliphatic heterocycles. The van der Waals surface area contributed by atoms with E-state index in [0.29, 0.717) is 13.1 Å². The molecule has 3 aromatic carbocycles. The zero-order valence-corrected chi connectivity index (χ0v) is 17.7. The summed E-state index contributed by atoms with van der Waals surface area (Å²) in [5, 5.41) is 0. The Morgan fingerprint density at radius 1 is 0.867 bits per heavy atom. The number of benzene rings is 3. The van der Waals surface area contributed by atoms with Crippen molar-refractivity contribution in [1.29, 1.82) is 0 Å². The summed E-state index contributed by atoms with van der Waals surface area (Å²) in [5.74, 6) is -0.225. The van der Waals surface area contributed by atoms with Gasteiger partial charge < -0.3 is 14.5 Å². The molecule has 2 bridgehead atoms. The van der Waals surface area contributed by atoms with E-state index in [-0.39, 0.29) is 5.97 Å². The van der Waals surface area contributed by atoms with Crippen LogP contribution in [0.4, 0.5) is 11.4 Å². The normalized spacial score (nSPS) is 19.6. The van der Waals surface area contributed by atoms with Crippen molar-refractivity contribution < 1.29 is 9.53 Å². The maximum Gasteiger partial charge on any atom is 0.338 e. The quantitative estimate of drug-likeness (QED) is 0.585. The lowest BCUT2D eigenvalue weighted by Crippen LogP contribution is -2.56. The number of nitrogens with zero attached hydrogens (tertiary/aromatic N) is 2. The van der Waals surface area contributed by atoms with Crippen molar-refractivity contribution in [1.82, 2.24) is 0 Å². The van der Waals surface area contributed by atoms with Gasteiger partial charge in [0, 0.05) is 24.5 Å². The third-order valence-electron chi connectivity index (χ3n) is 6.45. The van der Waals surface area contributed by atoms with E-state index in [4.69, 9.17) is 4.74 Å². The highest BCUT2D eigenvalue weighted by atomic mass is 16.5. The molecule has 0 spiro atoms. The first-order valence-electron chi connectivity index (χ1n) is 10.4. The monoisotopic (exact) mass is 398 g/mol. The lowest BCUT2D eigenvalue weighted by molar-refractivity contribution is -0.147. The topological polar surface area (TPSA) is 32.8 Å². The first-order valence-corrected chi connectivity index (χ1v) is 10.4. The summed E-state index contributed by atoms with van der Waals surface area (Å²) in [6.45, 7) is 6.18. The van der Waals surface area contributed by atoms with Gasteiger partial charge >= 0.3 is 5.97 Å². The van der Waals surface area contributed by atoms with Crippen molar-refractivity contribution in [3.05, 3.63) is 94.5 Å². The number of anilines is 2. The summed E-state index contributed by atoms with van der Waals surface area (Å²) >= 11 is 0. The molecule has 4 heteroatoms. The van der Waals surface area contributed by atoms with Crippen LogP contribution in [0.2, 0.25) is 0 Å². The van der Waals surface area contributed by atoms with Crippen LogP contribution in [0.3, 0.4) is 0 Å². The van der Waals surface area contributed by atoms with Gasteiger partial charge in [-0.3, -0.25) is 0 Å². The first-order chi connectivity index (χ1) is 14.5. The number of methoxy groups -OCH3 is 1. The number of aryl methyl sites for hydroxylation is 2. The van der Waals surface area contributed by atoms with Gasteiger partial charge in [0.15, 0.2) is 5.54 Å². The van der Waals surface area contributed by atoms with Crippen LogP contribution in [-0.4, -0.2) is 19.6 Å². The van der Waals surface area contributed by atoms with Gasteiger partial charge in [-0.15, -0.1) is 0 Å². The number of carbonyl (C=O) groups excluding carboxylic acids is 1. The molecule has 0 amide bonds. The Hall–Kier alpha value is -3.27. The summed E-state index contributed by atoms with van der Waals surface area (Å²) in [6, 6.07) is 23.2. The number of hydrogen-bond acceptors (Lipinski definition) is 4. The summed E-state index contributed by atoms with van der Waals surface area (Å²) in [5.41, 5.74) is 7.26. The molecule has 152 valence electrons. The lowest BCUT2D eigenvalue weighted by atomic mass is 9.87. The van der Waals surface area contributed by atoms with E-state index in [1.165, 1.54) is 35.1 Å². The maximum absolute atomic E-state index is 13.6. The fourth-order valence-electron chi connectivity index (χ4n) is 5.07. The molecule has 0 N–H and O–H groups in total. The van der Waals surface area contributed by atoms with Gasteiger partial charge in [-0.25, -0.2) is 4.79 Å². The Morgan fingerprint density at radius 3 is 2.17 bits per heavy atom. The van der Waals surface area contributed by atoms with Crippen molar-refractivity contribution in [2.45, 2.75) is 32.5 Å².